The molecule has 0 amide bonds. The lowest BCUT2D eigenvalue weighted by Crippen LogP contribution is -2.04. The Morgan fingerprint density at radius 3 is 1.53 bits per heavy atom. The van der Waals surface area contributed by atoms with E-state index in [1.807, 2.05) is 0 Å². The molecule has 0 spiro atoms. The normalized spacial score (nSPS) is 10.2. The van der Waals surface area contributed by atoms with Crippen LogP contribution in [0.2, 0.25) is 0 Å². The third-order valence-corrected chi connectivity index (χ3v) is 1.81. The Bertz CT molecular complexity index is 193. The standard InChI is InChI=1S/C12H22O5/c1-11(3-7-15-9-5-13)17-12(2)4-8-16-10-6-14/h13-14H,1-10H2. The van der Waals surface area contributed by atoms with Crippen molar-refractivity contribution in [3.8, 4) is 0 Å². The van der Waals surface area contributed by atoms with Gasteiger partial charge in [0.05, 0.1) is 51.2 Å². The zero-order valence-electron chi connectivity index (χ0n) is 10.2. The van der Waals surface area contributed by atoms with Crippen LogP contribution < -0.4 is 0 Å². The largest absolute Gasteiger partial charge is 0.467 e. The Labute approximate surface area is 102 Å². The van der Waals surface area contributed by atoms with Gasteiger partial charge in [-0.15, -0.1) is 0 Å². The summed E-state index contributed by atoms with van der Waals surface area (Å²) in [5.74, 6) is 1.16. The van der Waals surface area contributed by atoms with E-state index in [1.54, 1.807) is 0 Å². The van der Waals surface area contributed by atoms with Crippen LogP contribution in [0.25, 0.3) is 0 Å². The Morgan fingerprint density at radius 2 is 1.18 bits per heavy atom. The molecule has 2 N–H and O–H groups in total. The van der Waals surface area contributed by atoms with Crippen molar-refractivity contribution in [1.29, 1.82) is 0 Å². The minimum Gasteiger partial charge on any atom is -0.467 e. The van der Waals surface area contributed by atoms with Crippen LogP contribution in [0, 0.1) is 0 Å². The van der Waals surface area contributed by atoms with Crippen molar-refractivity contribution < 1.29 is 24.4 Å². The summed E-state index contributed by atoms with van der Waals surface area (Å²) < 4.78 is 15.5. The highest BCUT2D eigenvalue weighted by molar-refractivity contribution is 4.93. The molecule has 0 atom stereocenters. The van der Waals surface area contributed by atoms with Gasteiger partial charge in [0.1, 0.15) is 0 Å². The smallest absolute Gasteiger partial charge is 0.0987 e. The van der Waals surface area contributed by atoms with Crippen molar-refractivity contribution in [2.75, 3.05) is 39.6 Å². The van der Waals surface area contributed by atoms with E-state index in [1.165, 1.54) is 0 Å². The van der Waals surface area contributed by atoms with Crippen LogP contribution in [0.15, 0.2) is 24.7 Å². The van der Waals surface area contributed by atoms with Crippen LogP contribution in [0.5, 0.6) is 0 Å². The third kappa shape index (κ3) is 11.4. The highest BCUT2D eigenvalue weighted by Gasteiger charge is 2.00. The highest BCUT2D eigenvalue weighted by atomic mass is 16.5. The van der Waals surface area contributed by atoms with Gasteiger partial charge in [0.15, 0.2) is 0 Å². The topological polar surface area (TPSA) is 68.2 Å². The summed E-state index contributed by atoms with van der Waals surface area (Å²) in [6.45, 7) is 9.07. The number of ether oxygens (including phenoxy) is 3. The van der Waals surface area contributed by atoms with Crippen LogP contribution in [0.4, 0.5) is 0 Å². The van der Waals surface area contributed by atoms with Gasteiger partial charge in [0.25, 0.3) is 0 Å². The van der Waals surface area contributed by atoms with Gasteiger partial charge in [-0.1, -0.05) is 13.2 Å². The van der Waals surface area contributed by atoms with Gasteiger partial charge in [-0.05, 0) is 0 Å². The first-order valence-electron chi connectivity index (χ1n) is 5.61. The zero-order valence-corrected chi connectivity index (χ0v) is 10.2. The summed E-state index contributed by atoms with van der Waals surface area (Å²) >= 11 is 0. The van der Waals surface area contributed by atoms with Gasteiger partial charge in [0, 0.05) is 12.8 Å². The fourth-order valence-electron chi connectivity index (χ4n) is 1.01. The van der Waals surface area contributed by atoms with E-state index in [-0.39, 0.29) is 13.2 Å². The monoisotopic (exact) mass is 246 g/mol. The lowest BCUT2D eigenvalue weighted by molar-refractivity contribution is 0.0809. The summed E-state index contributed by atoms with van der Waals surface area (Å²) in [4.78, 5) is 0. The zero-order chi connectivity index (χ0) is 12.9. The minimum atomic E-state index is 0.0161. The average molecular weight is 246 g/mol. The summed E-state index contributed by atoms with van der Waals surface area (Å²) in [6.07, 6.45) is 1.13. The van der Waals surface area contributed by atoms with Crippen LogP contribution in [0.1, 0.15) is 12.8 Å². The number of hydrogen-bond acceptors (Lipinski definition) is 5. The summed E-state index contributed by atoms with van der Waals surface area (Å²) in [6, 6.07) is 0. The lowest BCUT2D eigenvalue weighted by Gasteiger charge is -2.11. The van der Waals surface area contributed by atoms with Crippen molar-refractivity contribution in [3.05, 3.63) is 24.7 Å². The van der Waals surface area contributed by atoms with Crippen LogP contribution in [-0.4, -0.2) is 49.9 Å². The Hall–Kier alpha value is -0.880. The molecular weight excluding hydrogens is 224 g/mol. The van der Waals surface area contributed by atoms with Gasteiger partial charge < -0.3 is 24.4 Å². The van der Waals surface area contributed by atoms with E-state index in [9.17, 15) is 0 Å². The van der Waals surface area contributed by atoms with E-state index < -0.39 is 0 Å². The first kappa shape index (κ1) is 16.1. The number of rotatable bonds is 12. The van der Waals surface area contributed by atoms with Crippen molar-refractivity contribution in [3.63, 3.8) is 0 Å². The Morgan fingerprint density at radius 1 is 0.765 bits per heavy atom. The summed E-state index contributed by atoms with van der Waals surface area (Å²) in [5, 5.41) is 17.0. The van der Waals surface area contributed by atoms with E-state index in [0.717, 1.165) is 0 Å². The van der Waals surface area contributed by atoms with E-state index in [4.69, 9.17) is 24.4 Å². The predicted molar refractivity (Wildman–Crippen MR) is 64.4 cm³/mol. The molecule has 5 nitrogen and oxygen atoms in total. The van der Waals surface area contributed by atoms with Crippen LogP contribution in [-0.2, 0) is 14.2 Å². The molecule has 0 aliphatic heterocycles. The lowest BCUT2D eigenvalue weighted by atomic mass is 10.3. The van der Waals surface area contributed by atoms with Crippen molar-refractivity contribution in [2.45, 2.75) is 12.8 Å². The molecular formula is C12H22O5. The van der Waals surface area contributed by atoms with Crippen LogP contribution >= 0.6 is 0 Å². The van der Waals surface area contributed by atoms with Gasteiger partial charge in [0.2, 0.25) is 0 Å². The number of aliphatic hydroxyl groups excluding tert-OH is 2. The summed E-state index contributed by atoms with van der Waals surface area (Å²) in [5.41, 5.74) is 0. The molecule has 0 unspecified atom stereocenters. The number of aliphatic hydroxyl groups is 2. The molecule has 0 saturated heterocycles. The van der Waals surface area contributed by atoms with Gasteiger partial charge in [-0.25, -0.2) is 0 Å². The molecule has 0 aromatic carbocycles. The molecule has 0 radical (unpaired) electrons. The second-order valence-electron chi connectivity index (χ2n) is 3.35. The molecule has 5 heteroatoms. The molecule has 0 heterocycles. The van der Waals surface area contributed by atoms with E-state index >= 15 is 0 Å². The quantitative estimate of drug-likeness (QED) is 0.394. The fourth-order valence-corrected chi connectivity index (χ4v) is 1.01. The van der Waals surface area contributed by atoms with E-state index in [2.05, 4.69) is 13.2 Å². The Kier molecular flexibility index (Phi) is 11.0. The van der Waals surface area contributed by atoms with Crippen molar-refractivity contribution in [2.24, 2.45) is 0 Å². The SMILES string of the molecule is C=C(CCOCCO)OC(=C)CCOCCO. The van der Waals surface area contributed by atoms with Crippen molar-refractivity contribution >= 4 is 0 Å². The highest BCUT2D eigenvalue weighted by Crippen LogP contribution is 2.09. The molecule has 100 valence electrons. The predicted octanol–water partition coefficient (Wildman–Crippen LogP) is 0.828. The maximum absolute atomic E-state index is 8.49. The second-order valence-corrected chi connectivity index (χ2v) is 3.35. The third-order valence-electron chi connectivity index (χ3n) is 1.81. The van der Waals surface area contributed by atoms with Crippen LogP contribution in [0.3, 0.4) is 0 Å². The molecule has 17 heavy (non-hydrogen) atoms. The molecule has 0 fully saturated rings. The molecule has 0 aromatic heterocycles. The van der Waals surface area contributed by atoms with Gasteiger partial charge in [-0.2, -0.15) is 0 Å². The van der Waals surface area contributed by atoms with Crippen molar-refractivity contribution in [1.82, 2.24) is 0 Å². The first-order valence-corrected chi connectivity index (χ1v) is 5.61. The molecule has 0 aromatic rings. The molecule has 0 saturated carbocycles. The average Bonchev–Trinajstić information content (AvgIpc) is 2.30. The molecule has 0 rings (SSSR count). The van der Waals surface area contributed by atoms with Gasteiger partial charge >= 0.3 is 0 Å². The molecule has 0 aliphatic rings. The minimum absolute atomic E-state index is 0.0161. The summed E-state index contributed by atoms with van der Waals surface area (Å²) in [7, 11) is 0. The second kappa shape index (κ2) is 11.6. The maximum Gasteiger partial charge on any atom is 0.0987 e. The number of hydrogen-bond donors (Lipinski definition) is 2. The maximum atomic E-state index is 8.49. The Balaban J connectivity index is 3.42. The van der Waals surface area contributed by atoms with E-state index in [0.29, 0.717) is 50.8 Å². The molecule has 0 bridgehead atoms. The first-order chi connectivity index (χ1) is 8.20. The molecule has 0 aliphatic carbocycles. The van der Waals surface area contributed by atoms with Gasteiger partial charge in [-0.3, -0.25) is 0 Å². The fraction of sp³-hybridized carbons (Fsp3) is 0.667.